The van der Waals surface area contributed by atoms with E-state index in [2.05, 4.69) is 0 Å². The van der Waals surface area contributed by atoms with Crippen molar-refractivity contribution in [1.29, 1.82) is 0 Å². The summed E-state index contributed by atoms with van der Waals surface area (Å²) >= 11 is 0. The highest BCUT2D eigenvalue weighted by molar-refractivity contribution is 4.64. The van der Waals surface area contributed by atoms with Crippen LogP contribution >= 0.6 is 0 Å². The summed E-state index contributed by atoms with van der Waals surface area (Å²) in [7, 11) is 0. The fraction of sp³-hybridized carbons (Fsp3) is 1.00. The second-order valence-electron chi connectivity index (χ2n) is 2.63. The third kappa shape index (κ3) is 4.61. The second-order valence-corrected chi connectivity index (χ2v) is 2.63. The molecule has 0 aliphatic heterocycles. The van der Waals surface area contributed by atoms with Gasteiger partial charge in [0.25, 0.3) is 0 Å². The molecule has 0 aromatic heterocycles. The summed E-state index contributed by atoms with van der Waals surface area (Å²) in [4.78, 5) is 0. The first-order chi connectivity index (χ1) is 4.33. The molecular formula is C6H11F3O. The van der Waals surface area contributed by atoms with Crippen LogP contribution < -0.4 is 0 Å². The molecule has 1 nitrogen and oxygen atoms in total. The van der Waals surface area contributed by atoms with Crippen LogP contribution in [0.4, 0.5) is 13.2 Å². The highest BCUT2D eigenvalue weighted by Gasteiger charge is 2.31. The molecule has 0 bridgehead atoms. The van der Waals surface area contributed by atoms with Gasteiger partial charge >= 0.3 is 6.18 Å². The molecule has 0 saturated carbocycles. The molecule has 0 heterocycles. The topological polar surface area (TPSA) is 20.2 Å². The zero-order valence-corrected chi connectivity index (χ0v) is 5.94. The molecule has 62 valence electrons. The Morgan fingerprint density at radius 1 is 1.30 bits per heavy atom. The minimum absolute atomic E-state index is 0.332. The van der Waals surface area contributed by atoms with Gasteiger partial charge in [-0.3, -0.25) is 0 Å². The number of halogens is 3. The van der Waals surface area contributed by atoms with E-state index in [0.717, 1.165) is 0 Å². The summed E-state index contributed by atoms with van der Waals surface area (Å²) in [5.74, 6) is -0.332. The van der Waals surface area contributed by atoms with Crippen molar-refractivity contribution in [3.8, 4) is 0 Å². The predicted molar refractivity (Wildman–Crippen MR) is 31.5 cm³/mol. The highest BCUT2D eigenvalue weighted by atomic mass is 19.4. The maximum absolute atomic E-state index is 11.5. The van der Waals surface area contributed by atoms with Crippen LogP contribution in [-0.4, -0.2) is 17.4 Å². The molecule has 0 aromatic rings. The molecular weight excluding hydrogens is 145 g/mol. The molecule has 1 N–H and O–H groups in total. The molecule has 0 fully saturated rings. The van der Waals surface area contributed by atoms with Crippen LogP contribution in [0.2, 0.25) is 0 Å². The monoisotopic (exact) mass is 156 g/mol. The van der Waals surface area contributed by atoms with E-state index in [1.165, 1.54) is 0 Å². The molecule has 10 heavy (non-hydrogen) atoms. The van der Waals surface area contributed by atoms with Crippen molar-refractivity contribution in [2.24, 2.45) is 5.92 Å². The Morgan fingerprint density at radius 2 is 1.70 bits per heavy atom. The zero-order chi connectivity index (χ0) is 8.36. The fourth-order valence-corrected chi connectivity index (χ4v) is 0.473. The Labute approximate surface area is 57.9 Å². The van der Waals surface area contributed by atoms with Crippen molar-refractivity contribution in [3.05, 3.63) is 0 Å². The Morgan fingerprint density at radius 3 is 1.80 bits per heavy atom. The van der Waals surface area contributed by atoms with Crippen molar-refractivity contribution >= 4 is 0 Å². The number of rotatable bonds is 2. The van der Waals surface area contributed by atoms with Crippen molar-refractivity contribution in [3.63, 3.8) is 0 Å². The Bertz CT molecular complexity index is 97.7. The lowest BCUT2D eigenvalue weighted by Crippen LogP contribution is -2.23. The number of hydrogen-bond donors (Lipinski definition) is 1. The van der Waals surface area contributed by atoms with E-state index in [1.54, 1.807) is 13.8 Å². The Hall–Kier alpha value is -0.250. The number of hydrogen-bond acceptors (Lipinski definition) is 1. The number of alkyl halides is 3. The van der Waals surface area contributed by atoms with Gasteiger partial charge in [0.05, 0.1) is 12.5 Å². The van der Waals surface area contributed by atoms with Gasteiger partial charge in [0.15, 0.2) is 0 Å². The minimum atomic E-state index is -4.25. The third-order valence-corrected chi connectivity index (χ3v) is 1.21. The Balaban J connectivity index is 3.68. The van der Waals surface area contributed by atoms with E-state index in [9.17, 15) is 13.2 Å². The average molecular weight is 156 g/mol. The van der Waals surface area contributed by atoms with E-state index >= 15 is 0 Å². The molecule has 0 spiro atoms. The van der Waals surface area contributed by atoms with Crippen molar-refractivity contribution in [2.45, 2.75) is 32.5 Å². The molecule has 0 aromatic carbocycles. The van der Waals surface area contributed by atoms with E-state index in [1.807, 2.05) is 0 Å². The first kappa shape index (κ1) is 9.75. The highest BCUT2D eigenvalue weighted by Crippen LogP contribution is 2.24. The van der Waals surface area contributed by atoms with Gasteiger partial charge in [-0.05, 0) is 5.92 Å². The standard InChI is InChI=1S/C6H11F3O/c1-4(2)5(10)3-6(7,8)9/h4-5,10H,3H2,1-2H3/t5-/m0/s1. The van der Waals surface area contributed by atoms with Gasteiger partial charge in [0.2, 0.25) is 0 Å². The summed E-state index contributed by atoms with van der Waals surface area (Å²) in [6.45, 7) is 3.10. The number of aliphatic hydroxyl groups is 1. The van der Waals surface area contributed by atoms with E-state index in [0.29, 0.717) is 0 Å². The Kier molecular flexibility index (Phi) is 3.15. The van der Waals surface area contributed by atoms with Crippen LogP contribution in [-0.2, 0) is 0 Å². The summed E-state index contributed by atoms with van der Waals surface area (Å²) in [6.07, 6.45) is -6.62. The van der Waals surface area contributed by atoms with E-state index in [-0.39, 0.29) is 5.92 Å². The lowest BCUT2D eigenvalue weighted by Gasteiger charge is -2.15. The van der Waals surface area contributed by atoms with Gasteiger partial charge in [0.1, 0.15) is 0 Å². The van der Waals surface area contributed by atoms with Gasteiger partial charge in [-0.25, -0.2) is 0 Å². The molecule has 0 aliphatic carbocycles. The molecule has 0 amide bonds. The lowest BCUT2D eigenvalue weighted by molar-refractivity contribution is -0.157. The largest absolute Gasteiger partial charge is 0.393 e. The van der Waals surface area contributed by atoms with Crippen molar-refractivity contribution in [2.75, 3.05) is 0 Å². The molecule has 0 aliphatic rings. The van der Waals surface area contributed by atoms with Crippen molar-refractivity contribution < 1.29 is 18.3 Å². The van der Waals surface area contributed by atoms with Gasteiger partial charge in [-0.2, -0.15) is 13.2 Å². The van der Waals surface area contributed by atoms with E-state index < -0.39 is 18.7 Å². The normalized spacial score (nSPS) is 15.9. The first-order valence-corrected chi connectivity index (χ1v) is 3.07. The maximum Gasteiger partial charge on any atom is 0.391 e. The third-order valence-electron chi connectivity index (χ3n) is 1.21. The summed E-state index contributed by atoms with van der Waals surface area (Å²) in [6, 6.07) is 0. The van der Waals surface area contributed by atoms with Gasteiger partial charge in [0, 0.05) is 0 Å². The van der Waals surface area contributed by atoms with Crippen LogP contribution in [0.25, 0.3) is 0 Å². The molecule has 0 unspecified atom stereocenters. The molecule has 4 heteroatoms. The van der Waals surface area contributed by atoms with Gasteiger partial charge < -0.3 is 5.11 Å². The predicted octanol–water partition coefficient (Wildman–Crippen LogP) is 1.96. The van der Waals surface area contributed by atoms with Crippen LogP contribution in [0, 0.1) is 5.92 Å². The smallest absolute Gasteiger partial charge is 0.391 e. The van der Waals surface area contributed by atoms with Crippen LogP contribution in [0.15, 0.2) is 0 Å². The number of aliphatic hydroxyl groups excluding tert-OH is 1. The van der Waals surface area contributed by atoms with E-state index in [4.69, 9.17) is 5.11 Å². The maximum atomic E-state index is 11.5. The van der Waals surface area contributed by atoms with Crippen molar-refractivity contribution in [1.82, 2.24) is 0 Å². The fourth-order valence-electron chi connectivity index (χ4n) is 0.473. The summed E-state index contributed by atoms with van der Waals surface area (Å²) in [5.41, 5.74) is 0. The summed E-state index contributed by atoms with van der Waals surface area (Å²) < 4.78 is 34.5. The van der Waals surface area contributed by atoms with Crippen LogP contribution in [0.1, 0.15) is 20.3 Å². The SMILES string of the molecule is CC(C)[C@@H](O)CC(F)(F)F. The zero-order valence-electron chi connectivity index (χ0n) is 5.94. The first-order valence-electron chi connectivity index (χ1n) is 3.07. The van der Waals surface area contributed by atoms with Gasteiger partial charge in [-0.1, -0.05) is 13.8 Å². The molecule has 0 rings (SSSR count). The van der Waals surface area contributed by atoms with Crippen LogP contribution in [0.5, 0.6) is 0 Å². The second kappa shape index (κ2) is 3.23. The van der Waals surface area contributed by atoms with Gasteiger partial charge in [-0.15, -0.1) is 0 Å². The lowest BCUT2D eigenvalue weighted by atomic mass is 10.0. The molecule has 1 atom stereocenters. The molecule has 0 saturated heterocycles. The minimum Gasteiger partial charge on any atom is -0.393 e. The summed E-state index contributed by atoms with van der Waals surface area (Å²) in [5, 5.41) is 8.74. The molecule has 0 radical (unpaired) electrons. The van der Waals surface area contributed by atoms with Crippen LogP contribution in [0.3, 0.4) is 0 Å². The average Bonchev–Trinajstić information content (AvgIpc) is 1.60. The quantitative estimate of drug-likeness (QED) is 0.647.